The second-order valence-electron chi connectivity index (χ2n) is 7.11. The summed E-state index contributed by atoms with van der Waals surface area (Å²) in [7, 11) is 2.04. The second-order valence-corrected chi connectivity index (χ2v) is 8.07. The van der Waals surface area contributed by atoms with Crippen LogP contribution in [0.2, 0.25) is 0 Å². The Bertz CT molecular complexity index is 773. The van der Waals surface area contributed by atoms with Crippen LogP contribution in [0.4, 0.5) is 5.69 Å². The van der Waals surface area contributed by atoms with Crippen LogP contribution in [-0.2, 0) is 6.42 Å². The van der Waals surface area contributed by atoms with Gasteiger partial charge in [0.15, 0.2) is 0 Å². The van der Waals surface area contributed by atoms with Crippen LogP contribution in [0.5, 0.6) is 0 Å². The molecule has 1 aromatic rings. The van der Waals surface area contributed by atoms with Gasteiger partial charge in [-0.15, -0.1) is 0 Å². The molecule has 0 unspecified atom stereocenters. The molecule has 0 aromatic heterocycles. The van der Waals surface area contributed by atoms with E-state index in [4.69, 9.17) is 0 Å². The van der Waals surface area contributed by atoms with E-state index in [1.54, 1.807) is 11.8 Å². The van der Waals surface area contributed by atoms with E-state index < -0.39 is 0 Å². The molecule has 0 atom stereocenters. The van der Waals surface area contributed by atoms with Gasteiger partial charge in [-0.2, -0.15) is 0 Å². The minimum absolute atomic E-state index is 0.626. The monoisotopic (exact) mass is 366 g/mol. The SMILES string of the molecule is C=C(C#CC1CC1)S/C=C(\C)Cc1cc(C)c(N=CN(C)CC)cc1C. The number of thioether (sulfide) groups is 1. The molecule has 138 valence electrons. The van der Waals surface area contributed by atoms with Crippen molar-refractivity contribution in [3.8, 4) is 11.8 Å². The predicted octanol–water partition coefficient (Wildman–Crippen LogP) is 6.02. The van der Waals surface area contributed by atoms with E-state index in [9.17, 15) is 0 Å². The molecule has 1 fully saturated rings. The smallest absolute Gasteiger partial charge is 0.0909 e. The molecule has 1 saturated carbocycles. The van der Waals surface area contributed by atoms with Crippen LogP contribution in [0, 0.1) is 31.6 Å². The standard InChI is InChI=1S/C23H30N2S/c1-7-25(6)16-24-23-14-18(3)22(13-19(23)4)12-17(2)15-26-20(5)8-9-21-10-11-21/h13-16,21H,5,7,10-12H2,1-4,6H3/b17-15+,24-16?. The summed E-state index contributed by atoms with van der Waals surface area (Å²) >= 11 is 1.64. The van der Waals surface area contributed by atoms with Crippen molar-refractivity contribution in [3.05, 3.63) is 51.3 Å². The number of aryl methyl sites for hydroxylation is 2. The molecule has 0 heterocycles. The fraction of sp³-hybridized carbons (Fsp3) is 0.435. The van der Waals surface area contributed by atoms with Crippen LogP contribution in [0.25, 0.3) is 0 Å². The molecule has 1 aliphatic rings. The van der Waals surface area contributed by atoms with Crippen LogP contribution >= 0.6 is 11.8 Å². The zero-order valence-corrected chi connectivity index (χ0v) is 17.5. The quantitative estimate of drug-likeness (QED) is 0.333. The zero-order chi connectivity index (χ0) is 19.1. The van der Waals surface area contributed by atoms with Crippen molar-refractivity contribution in [2.45, 2.75) is 47.0 Å². The minimum atomic E-state index is 0.626. The molecular weight excluding hydrogens is 336 g/mol. The lowest BCUT2D eigenvalue weighted by atomic mass is 9.99. The van der Waals surface area contributed by atoms with Gasteiger partial charge < -0.3 is 4.90 Å². The first kappa shape index (κ1) is 20.4. The van der Waals surface area contributed by atoms with Crippen LogP contribution in [-0.4, -0.2) is 24.8 Å². The first-order chi connectivity index (χ1) is 12.4. The highest BCUT2D eigenvalue weighted by molar-refractivity contribution is 8.06. The summed E-state index contributed by atoms with van der Waals surface area (Å²) < 4.78 is 0. The second kappa shape index (κ2) is 9.69. The summed E-state index contributed by atoms with van der Waals surface area (Å²) in [6.07, 6.45) is 5.36. The van der Waals surface area contributed by atoms with Gasteiger partial charge in [0.05, 0.1) is 16.9 Å². The van der Waals surface area contributed by atoms with Crippen molar-refractivity contribution in [3.63, 3.8) is 0 Å². The molecule has 2 nitrogen and oxygen atoms in total. The van der Waals surface area contributed by atoms with Gasteiger partial charge in [0.25, 0.3) is 0 Å². The van der Waals surface area contributed by atoms with Gasteiger partial charge in [0, 0.05) is 19.5 Å². The van der Waals surface area contributed by atoms with Gasteiger partial charge >= 0.3 is 0 Å². The Morgan fingerprint density at radius 1 is 1.35 bits per heavy atom. The zero-order valence-electron chi connectivity index (χ0n) is 16.7. The van der Waals surface area contributed by atoms with E-state index >= 15 is 0 Å². The highest BCUT2D eigenvalue weighted by Gasteiger charge is 2.17. The third-order valence-corrected chi connectivity index (χ3v) is 5.32. The fourth-order valence-electron chi connectivity index (χ4n) is 2.39. The first-order valence-corrected chi connectivity index (χ1v) is 10.1. The highest BCUT2D eigenvalue weighted by atomic mass is 32.2. The molecule has 2 rings (SSSR count). The fourth-order valence-corrected chi connectivity index (χ4v) is 2.93. The lowest BCUT2D eigenvalue weighted by Crippen LogP contribution is -2.14. The average molecular weight is 367 g/mol. The molecule has 0 aliphatic heterocycles. The maximum Gasteiger partial charge on any atom is 0.0909 e. The van der Waals surface area contributed by atoms with Gasteiger partial charge in [-0.3, -0.25) is 0 Å². The first-order valence-electron chi connectivity index (χ1n) is 9.26. The maximum atomic E-state index is 4.61. The molecule has 1 aliphatic carbocycles. The molecule has 1 aromatic carbocycles. The van der Waals surface area contributed by atoms with E-state index in [-0.39, 0.29) is 0 Å². The molecule has 0 saturated heterocycles. The summed E-state index contributed by atoms with van der Waals surface area (Å²) in [5.41, 5.74) is 6.23. The van der Waals surface area contributed by atoms with E-state index in [0.29, 0.717) is 5.92 Å². The van der Waals surface area contributed by atoms with E-state index in [1.165, 1.54) is 35.1 Å². The number of nitrogens with zero attached hydrogens (tertiary/aromatic N) is 2. The Morgan fingerprint density at radius 3 is 2.73 bits per heavy atom. The normalized spacial score (nSPS) is 14.3. The lowest BCUT2D eigenvalue weighted by Gasteiger charge is -2.12. The summed E-state index contributed by atoms with van der Waals surface area (Å²) in [6.45, 7) is 13.6. The van der Waals surface area contributed by atoms with Crippen molar-refractivity contribution in [2.24, 2.45) is 10.9 Å². The average Bonchev–Trinajstić information content (AvgIpc) is 3.43. The number of rotatable bonds is 7. The molecule has 0 amide bonds. The van der Waals surface area contributed by atoms with Crippen LogP contribution in [0.1, 0.15) is 43.4 Å². The Hall–Kier alpha value is -1.92. The van der Waals surface area contributed by atoms with Crippen molar-refractivity contribution in [1.82, 2.24) is 4.90 Å². The molecule has 0 radical (unpaired) electrons. The number of hydrogen-bond acceptors (Lipinski definition) is 2. The summed E-state index contributed by atoms with van der Waals surface area (Å²) in [6, 6.07) is 4.45. The topological polar surface area (TPSA) is 15.6 Å². The minimum Gasteiger partial charge on any atom is -0.366 e. The number of aliphatic imine (C=N–C) groups is 1. The summed E-state index contributed by atoms with van der Waals surface area (Å²) in [5.74, 6) is 7.06. The van der Waals surface area contributed by atoms with E-state index in [2.05, 4.69) is 73.5 Å². The molecular formula is C23H30N2S. The molecule has 0 spiro atoms. The Labute approximate surface area is 163 Å². The van der Waals surface area contributed by atoms with E-state index in [1.807, 2.05) is 13.4 Å². The van der Waals surface area contributed by atoms with Gasteiger partial charge in [-0.1, -0.05) is 41.8 Å². The third kappa shape index (κ3) is 6.77. The third-order valence-electron chi connectivity index (χ3n) is 4.41. The molecule has 26 heavy (non-hydrogen) atoms. The van der Waals surface area contributed by atoms with Crippen molar-refractivity contribution in [2.75, 3.05) is 13.6 Å². The van der Waals surface area contributed by atoms with Gasteiger partial charge in [0.1, 0.15) is 0 Å². The van der Waals surface area contributed by atoms with Gasteiger partial charge in [0.2, 0.25) is 0 Å². The molecule has 0 bridgehead atoms. The lowest BCUT2D eigenvalue weighted by molar-refractivity contribution is 0.552. The summed E-state index contributed by atoms with van der Waals surface area (Å²) in [4.78, 5) is 7.63. The van der Waals surface area contributed by atoms with Crippen molar-refractivity contribution < 1.29 is 0 Å². The Kier molecular flexibility index (Phi) is 7.60. The van der Waals surface area contributed by atoms with Gasteiger partial charge in [-0.05, 0) is 75.1 Å². The van der Waals surface area contributed by atoms with Gasteiger partial charge in [-0.25, -0.2) is 4.99 Å². The molecule has 0 N–H and O–H groups in total. The maximum absolute atomic E-state index is 4.61. The van der Waals surface area contributed by atoms with Crippen LogP contribution in [0.15, 0.2) is 39.6 Å². The Morgan fingerprint density at radius 2 is 2.08 bits per heavy atom. The number of allylic oxidation sites excluding steroid dienone is 2. The highest BCUT2D eigenvalue weighted by Crippen LogP contribution is 2.29. The Balaban J connectivity index is 2.00. The number of benzene rings is 1. The van der Waals surface area contributed by atoms with E-state index in [0.717, 1.165) is 23.6 Å². The summed E-state index contributed by atoms with van der Waals surface area (Å²) in [5, 5.41) is 2.18. The van der Waals surface area contributed by atoms with Crippen molar-refractivity contribution in [1.29, 1.82) is 0 Å². The van der Waals surface area contributed by atoms with Crippen LogP contribution in [0.3, 0.4) is 0 Å². The van der Waals surface area contributed by atoms with Crippen molar-refractivity contribution >= 4 is 23.8 Å². The number of hydrogen-bond donors (Lipinski definition) is 0. The molecule has 3 heteroatoms. The largest absolute Gasteiger partial charge is 0.366 e. The predicted molar refractivity (Wildman–Crippen MR) is 117 cm³/mol. The van der Waals surface area contributed by atoms with Crippen LogP contribution < -0.4 is 0 Å².